The Morgan fingerprint density at radius 1 is 0.444 bits per heavy atom. The summed E-state index contributed by atoms with van der Waals surface area (Å²) in [5, 5.41) is 35.6. The van der Waals surface area contributed by atoms with E-state index in [1.165, 1.54) is 42.5 Å². The summed E-state index contributed by atoms with van der Waals surface area (Å²) in [6.07, 6.45) is 3.88. The van der Waals surface area contributed by atoms with Crippen molar-refractivity contribution in [2.45, 2.75) is 112 Å². The molecule has 2 amide bonds. The first-order chi connectivity index (χ1) is 46.8. The molecular formula is C66H81I10N2O21-. The molecule has 0 radical (unpaired) electrons. The molecule has 4 aliphatic heterocycles. The number of carbonyl (C=O) groups excluding carboxylic acids is 5. The number of carboxylic acids is 3. The number of halogens is 10. The molecule has 4 atom stereocenters. The first kappa shape index (κ1) is 95.1. The summed E-state index contributed by atoms with van der Waals surface area (Å²) in [6, 6.07) is 24.0. The second-order valence-electron chi connectivity index (χ2n) is 20.4. The molecule has 5 aromatic carbocycles. The number of aromatic hydroxyl groups is 1. The molecule has 0 spiro atoms. The fraction of sp³-hybridized carbons (Fsp3) is 0.424. The Balaban J connectivity index is 0.000000610. The number of aryl methyl sites for hydroxylation is 2. The number of benzene rings is 5. The molecular weight excluding hydrogens is 2430 g/mol. The van der Waals surface area contributed by atoms with Crippen molar-refractivity contribution in [2.24, 2.45) is 0 Å². The van der Waals surface area contributed by atoms with Crippen LogP contribution in [0.2, 0.25) is 0 Å². The first-order valence-electron chi connectivity index (χ1n) is 30.4. The number of ether oxygens (including phenoxy) is 9. The van der Waals surface area contributed by atoms with Gasteiger partial charge in [-0.05, 0) is 178 Å². The van der Waals surface area contributed by atoms with E-state index in [1.54, 1.807) is 77.9 Å². The van der Waals surface area contributed by atoms with Crippen molar-refractivity contribution in [3.63, 3.8) is 0 Å². The van der Waals surface area contributed by atoms with E-state index in [2.05, 4.69) is 130 Å². The fourth-order valence-corrected chi connectivity index (χ4v) is 10.0. The van der Waals surface area contributed by atoms with E-state index in [0.29, 0.717) is 113 Å². The van der Waals surface area contributed by atoms with Gasteiger partial charge in [0.1, 0.15) is 56.6 Å². The number of hydrogen-bond donors (Lipinski definition) is 4. The second kappa shape index (κ2) is 52.9. The summed E-state index contributed by atoms with van der Waals surface area (Å²) >= 11 is 17.0. The van der Waals surface area contributed by atoms with Gasteiger partial charge in [-0.25, -0.2) is 28.8 Å². The Bertz CT molecular complexity index is 3350. The third-order valence-corrected chi connectivity index (χ3v) is 14.1. The number of rotatable bonds is 19. The maximum absolute atomic E-state index is 12.9. The van der Waals surface area contributed by atoms with Gasteiger partial charge in [-0.15, -0.1) is 24.0 Å². The van der Waals surface area contributed by atoms with Crippen LogP contribution in [-0.4, -0.2) is 175 Å². The van der Waals surface area contributed by atoms with Gasteiger partial charge in [0, 0.05) is 48.4 Å². The van der Waals surface area contributed by atoms with Gasteiger partial charge in [-0.2, -0.15) is 0 Å². The molecule has 0 saturated carbocycles. The van der Waals surface area contributed by atoms with Crippen LogP contribution in [0.15, 0.2) is 91.0 Å². The molecule has 0 aromatic heterocycles. The number of carboxylic acid groups (broad SMARTS) is 3. The molecule has 99 heavy (non-hydrogen) atoms. The van der Waals surface area contributed by atoms with Crippen LogP contribution in [0.4, 0.5) is 0 Å². The fourth-order valence-electron chi connectivity index (χ4n) is 10.0. The maximum atomic E-state index is 12.9. The van der Waals surface area contributed by atoms with E-state index in [9.17, 15) is 43.5 Å². The average Bonchev–Trinajstić information content (AvgIpc) is 1.71. The third-order valence-electron chi connectivity index (χ3n) is 14.1. The Labute approximate surface area is 684 Å². The third kappa shape index (κ3) is 32.4. The molecule has 23 nitrogen and oxygen atoms in total. The van der Waals surface area contributed by atoms with Gasteiger partial charge in [0.05, 0.1) is 102 Å². The monoisotopic (exact) mass is 2510 g/mol. The Morgan fingerprint density at radius 3 is 1.02 bits per heavy atom. The molecule has 4 aliphatic rings. The van der Waals surface area contributed by atoms with E-state index in [0.717, 1.165) is 36.8 Å². The summed E-state index contributed by atoms with van der Waals surface area (Å²) in [5.41, 5.74) is 4.06. The molecule has 9 rings (SSSR count). The van der Waals surface area contributed by atoms with Crippen LogP contribution in [0.25, 0.3) is 0 Å². The summed E-state index contributed by atoms with van der Waals surface area (Å²) < 4.78 is 47.4. The van der Waals surface area contributed by atoms with E-state index in [1.807, 2.05) is 42.7 Å². The predicted octanol–water partition coefficient (Wildman–Crippen LogP) is 14.7. The SMILES string of the molecule is CCOC(=O)c1ccc(C(=O)N2C3CCC2COC3)cc1OCC.CCOC(=O)c1ccc(C(=O)O)cc1OCC.CCOC(=O)c1ccc(C)cc1OCC.CCOc1cc(C(=O)N2C3CCC2COC3)ccc1C(=O)O.Cc1ccc(C(=O)O)c(O)c1.I.II.II(I)I.I[I-]I. The molecule has 552 valence electrons. The number of carbonyl (C=O) groups is 8. The number of amides is 2. The van der Waals surface area contributed by atoms with E-state index >= 15 is 0 Å². The Hall–Kier alpha value is -1.92. The number of fused-ring (bicyclic) bond motifs is 4. The summed E-state index contributed by atoms with van der Waals surface area (Å²) in [4.78, 5) is 97.0. The number of morpholine rings is 2. The van der Waals surface area contributed by atoms with Crippen LogP contribution >= 0.6 is 162 Å². The number of phenols is 1. The molecule has 4 fully saturated rings. The van der Waals surface area contributed by atoms with Crippen LogP contribution < -0.4 is 32.2 Å². The van der Waals surface area contributed by atoms with Crippen molar-refractivity contribution in [1.29, 1.82) is 0 Å². The summed E-state index contributed by atoms with van der Waals surface area (Å²) in [5.74, 6) is -3.36. The minimum atomic E-state index is -1.11. The molecule has 4 N–H and O–H groups in total. The molecule has 4 saturated heterocycles. The topological polar surface area (TPSA) is 307 Å². The van der Waals surface area contributed by atoms with Gasteiger partial charge in [0.25, 0.3) is 11.8 Å². The molecule has 0 aliphatic carbocycles. The number of nitrogens with zero attached hydrogens (tertiary/aromatic N) is 2. The standard InChI is InChI=1S/C18H23NO5.C16H19NO5.C12H14O5.C12H16O3.C8H8O3.I4.I3.I2.HI/c1-3-23-16-9-12(5-8-15(16)18(21)24-4-2)17(20)19-13-6-7-14(19)11-22-10-13;1-2-22-14-7-10(3-6-13(14)16(19)20)15(18)17-11-4-5-12(17)9-21-8-11;1-3-16-10-7-8(11(13)14)5-6-9(10)12(15)17-4-2;1-4-14-11-8-9(3)6-7-10(11)12(13)15-5-2;1-5-2-3-6(8(10)11)7(9)4-5;1-4(2)3;1-3-2;1-2;/h5,8-9,13-14H,3-4,6-7,10-11H2,1-2H3;3,6-7,11-12H,2,4-5,8-9H2,1H3,(H,19,20);5-7H,3-4H2,1-2H3,(H,13,14);6-8H,4-5H2,1-3H3;2-4,9H,1H3,(H,10,11);;;;1H/q;;;;;;-1;;. The van der Waals surface area contributed by atoms with Gasteiger partial charge in [-0.1, -0.05) is 12.1 Å². The summed E-state index contributed by atoms with van der Waals surface area (Å²) in [6.45, 7) is 21.1. The zero-order chi connectivity index (χ0) is 73.6. The predicted molar refractivity (Wildman–Crippen MR) is 452 cm³/mol. The Kier molecular flexibility index (Phi) is 50.9. The van der Waals surface area contributed by atoms with Crippen LogP contribution in [0.1, 0.15) is 168 Å². The quantitative estimate of drug-likeness (QED) is 0.0339. The molecule has 4 heterocycles. The second-order valence-corrected chi connectivity index (χ2v) is 85.4. The number of hydrogen-bond acceptors (Lipinski definition) is 18. The van der Waals surface area contributed by atoms with Crippen LogP contribution in [-0.2, 0) is 23.7 Å². The van der Waals surface area contributed by atoms with E-state index in [-0.39, 0.29) is 120 Å². The van der Waals surface area contributed by atoms with Gasteiger partial charge in [0.15, 0.2) is 0 Å². The van der Waals surface area contributed by atoms with Gasteiger partial charge < -0.3 is 72.9 Å². The van der Waals surface area contributed by atoms with Gasteiger partial charge >= 0.3 is 150 Å². The minimum absolute atomic E-state index is 0. The van der Waals surface area contributed by atoms with E-state index in [4.69, 9.17) is 58.0 Å². The van der Waals surface area contributed by atoms with Gasteiger partial charge in [-0.3, -0.25) is 9.59 Å². The summed E-state index contributed by atoms with van der Waals surface area (Å²) in [7, 11) is -0.353. The normalized spacial score (nSPS) is 15.6. The molecule has 5 aromatic rings. The van der Waals surface area contributed by atoms with Crippen molar-refractivity contribution < 1.29 is 115 Å². The van der Waals surface area contributed by atoms with Crippen molar-refractivity contribution in [3.05, 3.63) is 147 Å². The van der Waals surface area contributed by atoms with Crippen molar-refractivity contribution in [1.82, 2.24) is 9.80 Å². The molecule has 4 bridgehead atoms. The Morgan fingerprint density at radius 2 is 0.717 bits per heavy atom. The zero-order valence-electron chi connectivity index (χ0n) is 55.5. The number of aromatic carboxylic acids is 3. The average molecular weight is 2510 g/mol. The number of esters is 3. The van der Waals surface area contributed by atoms with Crippen molar-refractivity contribution >= 4 is 210 Å². The van der Waals surface area contributed by atoms with Crippen molar-refractivity contribution in [2.75, 3.05) is 72.7 Å². The van der Waals surface area contributed by atoms with Gasteiger partial charge in [0.2, 0.25) is 0 Å². The van der Waals surface area contributed by atoms with Crippen molar-refractivity contribution in [3.8, 4) is 28.7 Å². The van der Waals surface area contributed by atoms with E-state index < -0.39 is 29.8 Å². The molecule has 4 unspecified atom stereocenters. The van der Waals surface area contributed by atoms with Crippen LogP contribution in [0.3, 0.4) is 0 Å². The van der Waals surface area contributed by atoms with Crippen LogP contribution in [0, 0.1) is 13.8 Å². The zero-order valence-corrected chi connectivity index (χ0v) is 77.3. The molecule has 33 heteroatoms. The van der Waals surface area contributed by atoms with Crippen LogP contribution in [0.5, 0.6) is 28.7 Å². The first-order valence-corrected chi connectivity index (χ1v) is 68.1.